The highest BCUT2D eigenvalue weighted by Crippen LogP contribution is 2.52. The first-order valence-electron chi connectivity index (χ1n) is 10.2. The minimum Gasteiger partial charge on any atom is -0.373 e. The Balaban J connectivity index is 1.65. The van der Waals surface area contributed by atoms with E-state index in [0.717, 1.165) is 0 Å². The van der Waals surface area contributed by atoms with Crippen LogP contribution in [0.25, 0.3) is 11.1 Å². The van der Waals surface area contributed by atoms with Crippen molar-refractivity contribution >= 4 is 29.2 Å². The molecule has 0 radical (unpaired) electrons. The van der Waals surface area contributed by atoms with Crippen LogP contribution >= 0.6 is 23.2 Å². The third kappa shape index (κ3) is 4.12. The first-order valence-corrected chi connectivity index (χ1v) is 10.9. The first-order chi connectivity index (χ1) is 14.5. The number of halogens is 4. The van der Waals surface area contributed by atoms with Crippen LogP contribution in [0.5, 0.6) is 0 Å². The number of benzene rings is 1. The molecule has 10 heteroatoms. The van der Waals surface area contributed by atoms with Gasteiger partial charge in [-0.25, -0.2) is 18.7 Å². The summed E-state index contributed by atoms with van der Waals surface area (Å²) < 4.78 is 27.9. The van der Waals surface area contributed by atoms with Crippen LogP contribution in [0.1, 0.15) is 43.3 Å². The summed E-state index contributed by atoms with van der Waals surface area (Å²) in [6, 6.07) is 4.66. The number of piperidine rings is 1. The molecule has 1 spiro atoms. The van der Waals surface area contributed by atoms with Gasteiger partial charge < -0.3 is 21.5 Å². The molecule has 1 saturated carbocycles. The Kier molecular flexibility index (Phi) is 5.89. The van der Waals surface area contributed by atoms with Crippen molar-refractivity contribution in [3.63, 3.8) is 0 Å². The van der Waals surface area contributed by atoms with E-state index in [1.54, 1.807) is 25.1 Å². The molecule has 6 nitrogen and oxygen atoms in total. The van der Waals surface area contributed by atoms with E-state index in [-0.39, 0.29) is 18.5 Å². The monoisotopic (exact) mass is 471 g/mol. The maximum atomic E-state index is 13.9. The zero-order valence-corrected chi connectivity index (χ0v) is 18.6. The summed E-state index contributed by atoms with van der Waals surface area (Å²) in [4.78, 5) is 11.1. The smallest absolute Gasteiger partial charge is 0.250 e. The average molecular weight is 472 g/mol. The Morgan fingerprint density at radius 1 is 1.23 bits per heavy atom. The van der Waals surface area contributed by atoms with Gasteiger partial charge in [-0.05, 0) is 31.2 Å². The molecule has 1 saturated heterocycles. The van der Waals surface area contributed by atoms with Crippen LogP contribution in [-0.2, 0) is 0 Å². The fraction of sp³-hybridized carbons (Fsp3) is 0.524. The Morgan fingerprint density at radius 2 is 1.90 bits per heavy atom. The van der Waals surface area contributed by atoms with Gasteiger partial charge in [0.15, 0.2) is 0 Å². The standard InChI is InChI=1S/C21H25Cl2F2N5O/c1-11-15(12-3-2-4-13(22)16(12)23)17(18(27)31)29-19(28-11)30-7-5-20(6-8-30)10-21(24,25)9-14(20)26/h2-4,14,18,31H,5-10,26-27H2,1H3/t14-,18?/m1/s1. The molecule has 2 heterocycles. The normalized spacial score (nSPS) is 23.4. The number of hydrogen-bond donors (Lipinski definition) is 3. The molecule has 0 amide bonds. The van der Waals surface area contributed by atoms with Crippen LogP contribution in [0, 0.1) is 12.3 Å². The SMILES string of the molecule is Cc1nc(N2CCC3(CC2)CC(F)(F)C[C@H]3N)nc(C(N)O)c1-c1cccc(Cl)c1Cl. The van der Waals surface area contributed by atoms with E-state index in [9.17, 15) is 13.9 Å². The maximum absolute atomic E-state index is 13.9. The average Bonchev–Trinajstić information content (AvgIpc) is 2.92. The van der Waals surface area contributed by atoms with Gasteiger partial charge in [0.1, 0.15) is 6.23 Å². The number of nitrogens with zero attached hydrogens (tertiary/aromatic N) is 3. The maximum Gasteiger partial charge on any atom is 0.250 e. The summed E-state index contributed by atoms with van der Waals surface area (Å²) in [5, 5.41) is 10.9. The molecule has 5 N–H and O–H groups in total. The molecule has 31 heavy (non-hydrogen) atoms. The van der Waals surface area contributed by atoms with Gasteiger partial charge in [0.05, 0.1) is 21.4 Å². The minimum absolute atomic E-state index is 0.173. The van der Waals surface area contributed by atoms with E-state index in [0.29, 0.717) is 58.7 Å². The van der Waals surface area contributed by atoms with Crippen molar-refractivity contribution in [3.05, 3.63) is 39.6 Å². The molecule has 168 valence electrons. The van der Waals surface area contributed by atoms with Crippen LogP contribution in [0.3, 0.4) is 0 Å². The van der Waals surface area contributed by atoms with Crippen LogP contribution in [0.15, 0.2) is 18.2 Å². The largest absolute Gasteiger partial charge is 0.373 e. The summed E-state index contributed by atoms with van der Waals surface area (Å²) in [5.41, 5.74) is 13.3. The van der Waals surface area contributed by atoms with Crippen molar-refractivity contribution in [1.29, 1.82) is 0 Å². The highest BCUT2D eigenvalue weighted by molar-refractivity contribution is 6.43. The van der Waals surface area contributed by atoms with Gasteiger partial charge in [0, 0.05) is 43.1 Å². The lowest BCUT2D eigenvalue weighted by molar-refractivity contribution is -0.00685. The summed E-state index contributed by atoms with van der Waals surface area (Å²) >= 11 is 12.5. The van der Waals surface area contributed by atoms with Crippen molar-refractivity contribution in [1.82, 2.24) is 9.97 Å². The van der Waals surface area contributed by atoms with Crippen molar-refractivity contribution in [3.8, 4) is 11.1 Å². The third-order valence-electron chi connectivity index (χ3n) is 6.57. The van der Waals surface area contributed by atoms with E-state index in [4.69, 9.17) is 34.7 Å². The Bertz CT molecular complexity index is 996. The van der Waals surface area contributed by atoms with E-state index in [1.807, 2.05) is 4.90 Å². The molecule has 0 bridgehead atoms. The van der Waals surface area contributed by atoms with Crippen LogP contribution in [0.2, 0.25) is 10.0 Å². The summed E-state index contributed by atoms with van der Waals surface area (Å²) in [7, 11) is 0. The Morgan fingerprint density at radius 3 is 2.48 bits per heavy atom. The highest BCUT2D eigenvalue weighted by Gasteiger charge is 2.55. The lowest BCUT2D eigenvalue weighted by Crippen LogP contribution is -2.47. The number of aryl methyl sites for hydroxylation is 1. The van der Waals surface area contributed by atoms with Gasteiger partial charge in [-0.3, -0.25) is 0 Å². The van der Waals surface area contributed by atoms with E-state index < -0.39 is 23.6 Å². The predicted molar refractivity (Wildman–Crippen MR) is 117 cm³/mol. The quantitative estimate of drug-likeness (QED) is 0.583. The van der Waals surface area contributed by atoms with Gasteiger partial charge in [-0.2, -0.15) is 0 Å². The fourth-order valence-corrected chi connectivity index (χ4v) is 5.32. The number of nitrogens with two attached hydrogens (primary N) is 2. The summed E-state index contributed by atoms with van der Waals surface area (Å²) in [6.45, 7) is 2.78. The van der Waals surface area contributed by atoms with Gasteiger partial charge in [0.2, 0.25) is 11.9 Å². The number of hydrogen-bond acceptors (Lipinski definition) is 6. The second kappa shape index (κ2) is 8.08. The van der Waals surface area contributed by atoms with Gasteiger partial charge in [0.25, 0.3) is 0 Å². The molecule has 1 aliphatic carbocycles. The van der Waals surface area contributed by atoms with Crippen molar-refractivity contribution in [2.45, 2.75) is 50.8 Å². The Hall–Kier alpha value is -1.58. The molecular weight excluding hydrogens is 447 g/mol. The molecule has 1 aliphatic heterocycles. The first kappa shape index (κ1) is 22.6. The fourth-order valence-electron chi connectivity index (χ4n) is 4.92. The molecular formula is C21H25Cl2F2N5O. The number of anilines is 1. The predicted octanol–water partition coefficient (Wildman–Crippen LogP) is 4.05. The number of aliphatic hydroxyl groups is 1. The molecule has 2 fully saturated rings. The van der Waals surface area contributed by atoms with Gasteiger partial charge in [-0.15, -0.1) is 0 Å². The number of rotatable bonds is 3. The van der Waals surface area contributed by atoms with E-state index in [1.165, 1.54) is 0 Å². The van der Waals surface area contributed by atoms with E-state index >= 15 is 0 Å². The number of aromatic nitrogens is 2. The van der Waals surface area contributed by atoms with Crippen LogP contribution in [0.4, 0.5) is 14.7 Å². The second-order valence-electron chi connectivity index (χ2n) is 8.61. The van der Waals surface area contributed by atoms with Crippen LogP contribution in [-0.4, -0.2) is 40.1 Å². The molecule has 2 atom stereocenters. The van der Waals surface area contributed by atoms with Gasteiger partial charge in [-0.1, -0.05) is 35.3 Å². The molecule has 1 unspecified atom stereocenters. The van der Waals surface area contributed by atoms with Crippen molar-refractivity contribution in [2.75, 3.05) is 18.0 Å². The molecule has 1 aromatic carbocycles. The molecule has 2 aromatic rings. The highest BCUT2D eigenvalue weighted by atomic mass is 35.5. The zero-order chi connectivity index (χ0) is 22.6. The summed E-state index contributed by atoms with van der Waals surface area (Å²) in [6.07, 6.45) is -0.721. The number of alkyl halides is 2. The number of aliphatic hydroxyl groups excluding tert-OH is 1. The lowest BCUT2D eigenvalue weighted by Gasteiger charge is -2.42. The lowest BCUT2D eigenvalue weighted by atomic mass is 9.74. The van der Waals surface area contributed by atoms with Crippen molar-refractivity contribution < 1.29 is 13.9 Å². The molecule has 1 aromatic heterocycles. The van der Waals surface area contributed by atoms with Gasteiger partial charge >= 0.3 is 0 Å². The van der Waals surface area contributed by atoms with E-state index in [2.05, 4.69) is 9.97 Å². The van der Waals surface area contributed by atoms with Crippen molar-refractivity contribution in [2.24, 2.45) is 16.9 Å². The molecule has 2 aliphatic rings. The second-order valence-corrected chi connectivity index (χ2v) is 9.39. The minimum atomic E-state index is -2.70. The zero-order valence-electron chi connectivity index (χ0n) is 17.1. The summed E-state index contributed by atoms with van der Waals surface area (Å²) in [5.74, 6) is -2.31. The van der Waals surface area contributed by atoms with Crippen LogP contribution < -0.4 is 16.4 Å². The molecule has 4 rings (SSSR count). The third-order valence-corrected chi connectivity index (χ3v) is 7.38. The topological polar surface area (TPSA) is 101 Å². The Labute approximate surface area is 189 Å².